The molecule has 0 aliphatic heterocycles. The van der Waals surface area contributed by atoms with Crippen molar-refractivity contribution in [1.29, 1.82) is 0 Å². The van der Waals surface area contributed by atoms with Crippen LogP contribution in [0.25, 0.3) is 0 Å². The van der Waals surface area contributed by atoms with Gasteiger partial charge in [0.2, 0.25) is 0 Å². The molecular formula is C14H23NOS. The van der Waals surface area contributed by atoms with Crippen LogP contribution in [0.1, 0.15) is 30.0 Å². The molecule has 1 aromatic rings. The van der Waals surface area contributed by atoms with Crippen molar-refractivity contribution in [2.75, 3.05) is 12.0 Å². The van der Waals surface area contributed by atoms with Crippen LogP contribution >= 0.6 is 0 Å². The summed E-state index contributed by atoms with van der Waals surface area (Å²) in [4.78, 5) is 0. The van der Waals surface area contributed by atoms with E-state index in [1.54, 1.807) is 6.26 Å². The van der Waals surface area contributed by atoms with Crippen LogP contribution in [0.15, 0.2) is 18.2 Å². The van der Waals surface area contributed by atoms with E-state index < -0.39 is 10.8 Å². The Bertz CT molecular complexity index is 390. The summed E-state index contributed by atoms with van der Waals surface area (Å²) < 4.78 is 11.0. The first-order valence-electron chi connectivity index (χ1n) is 6.09. The van der Waals surface area contributed by atoms with Crippen LogP contribution in [-0.4, -0.2) is 22.3 Å². The number of benzene rings is 1. The normalized spacial score (nSPS) is 14.6. The standard InChI is InChI=1S/C14H23NOS/c1-11-6-5-7-14(13(11)3)10-15-12(2)8-9-17(4)16/h5-7,12,15H,8-10H2,1-4H3. The lowest BCUT2D eigenvalue weighted by Crippen LogP contribution is -2.27. The van der Waals surface area contributed by atoms with Crippen molar-refractivity contribution >= 4 is 10.8 Å². The highest BCUT2D eigenvalue weighted by molar-refractivity contribution is 7.84. The maximum absolute atomic E-state index is 11.0. The first-order chi connectivity index (χ1) is 8.00. The monoisotopic (exact) mass is 253 g/mol. The fraction of sp³-hybridized carbons (Fsp3) is 0.571. The van der Waals surface area contributed by atoms with Gasteiger partial charge in [-0.05, 0) is 43.9 Å². The van der Waals surface area contributed by atoms with Crippen LogP contribution in [0.4, 0.5) is 0 Å². The number of hydrogen-bond donors (Lipinski definition) is 1. The Morgan fingerprint density at radius 1 is 1.35 bits per heavy atom. The zero-order valence-corrected chi connectivity index (χ0v) is 12.1. The molecule has 0 saturated carbocycles. The largest absolute Gasteiger partial charge is 0.310 e. The maximum Gasteiger partial charge on any atom is 0.0246 e. The van der Waals surface area contributed by atoms with E-state index in [0.29, 0.717) is 6.04 Å². The van der Waals surface area contributed by atoms with Crippen molar-refractivity contribution in [3.8, 4) is 0 Å². The third kappa shape index (κ3) is 5.00. The van der Waals surface area contributed by atoms with Gasteiger partial charge in [0.25, 0.3) is 0 Å². The second-order valence-corrected chi connectivity index (χ2v) is 6.26. The Morgan fingerprint density at radius 3 is 2.71 bits per heavy atom. The van der Waals surface area contributed by atoms with Gasteiger partial charge in [0.05, 0.1) is 0 Å². The van der Waals surface area contributed by atoms with Gasteiger partial charge in [0, 0.05) is 35.4 Å². The van der Waals surface area contributed by atoms with E-state index in [1.807, 2.05) is 0 Å². The lowest BCUT2D eigenvalue weighted by atomic mass is 10.0. The molecule has 0 aliphatic rings. The van der Waals surface area contributed by atoms with Gasteiger partial charge in [-0.15, -0.1) is 0 Å². The smallest absolute Gasteiger partial charge is 0.0246 e. The molecule has 2 nitrogen and oxygen atoms in total. The molecule has 1 aromatic carbocycles. The van der Waals surface area contributed by atoms with Crippen LogP contribution in [-0.2, 0) is 17.3 Å². The highest BCUT2D eigenvalue weighted by Gasteiger charge is 2.05. The molecule has 96 valence electrons. The van der Waals surface area contributed by atoms with Gasteiger partial charge in [-0.25, -0.2) is 0 Å². The summed E-state index contributed by atoms with van der Waals surface area (Å²) in [5.74, 6) is 0.779. The molecule has 17 heavy (non-hydrogen) atoms. The number of nitrogens with one attached hydrogen (secondary N) is 1. The Kier molecular flexibility index (Phi) is 5.86. The second kappa shape index (κ2) is 6.92. The minimum Gasteiger partial charge on any atom is -0.310 e. The van der Waals surface area contributed by atoms with Crippen molar-refractivity contribution in [2.45, 2.75) is 39.8 Å². The average molecular weight is 253 g/mol. The van der Waals surface area contributed by atoms with Crippen molar-refractivity contribution < 1.29 is 4.21 Å². The minimum atomic E-state index is -0.682. The molecule has 0 aliphatic carbocycles. The lowest BCUT2D eigenvalue weighted by molar-refractivity contribution is 0.534. The van der Waals surface area contributed by atoms with Crippen molar-refractivity contribution in [3.63, 3.8) is 0 Å². The van der Waals surface area contributed by atoms with Crippen LogP contribution < -0.4 is 5.32 Å². The van der Waals surface area contributed by atoms with E-state index in [4.69, 9.17) is 0 Å². The van der Waals surface area contributed by atoms with E-state index in [-0.39, 0.29) is 0 Å². The van der Waals surface area contributed by atoms with E-state index >= 15 is 0 Å². The fourth-order valence-corrected chi connectivity index (χ4v) is 2.42. The molecule has 0 saturated heterocycles. The van der Waals surface area contributed by atoms with Gasteiger partial charge in [0.15, 0.2) is 0 Å². The number of aryl methyl sites for hydroxylation is 1. The fourth-order valence-electron chi connectivity index (χ4n) is 1.73. The van der Waals surface area contributed by atoms with Crippen LogP contribution in [0, 0.1) is 13.8 Å². The average Bonchev–Trinajstić information content (AvgIpc) is 2.28. The molecule has 0 fully saturated rings. The quantitative estimate of drug-likeness (QED) is 0.844. The van der Waals surface area contributed by atoms with Gasteiger partial charge in [0.1, 0.15) is 0 Å². The molecule has 3 heteroatoms. The van der Waals surface area contributed by atoms with Gasteiger partial charge in [-0.2, -0.15) is 0 Å². The summed E-state index contributed by atoms with van der Waals surface area (Å²) in [6.45, 7) is 7.35. The summed E-state index contributed by atoms with van der Waals surface area (Å²) in [7, 11) is -0.682. The molecule has 0 spiro atoms. The van der Waals surface area contributed by atoms with Crippen molar-refractivity contribution in [2.24, 2.45) is 0 Å². The minimum absolute atomic E-state index is 0.416. The lowest BCUT2D eigenvalue weighted by Gasteiger charge is -2.15. The van der Waals surface area contributed by atoms with Gasteiger partial charge < -0.3 is 5.32 Å². The van der Waals surface area contributed by atoms with Gasteiger partial charge >= 0.3 is 0 Å². The predicted molar refractivity (Wildman–Crippen MR) is 75.8 cm³/mol. The molecule has 0 aromatic heterocycles. The van der Waals surface area contributed by atoms with Crippen LogP contribution in [0.3, 0.4) is 0 Å². The van der Waals surface area contributed by atoms with E-state index in [1.165, 1.54) is 16.7 Å². The molecule has 1 N–H and O–H groups in total. The zero-order valence-electron chi connectivity index (χ0n) is 11.2. The summed E-state index contributed by atoms with van der Waals surface area (Å²) >= 11 is 0. The van der Waals surface area contributed by atoms with Crippen molar-refractivity contribution in [1.82, 2.24) is 5.32 Å². The van der Waals surface area contributed by atoms with Gasteiger partial charge in [-0.3, -0.25) is 4.21 Å². The molecule has 0 radical (unpaired) electrons. The third-order valence-corrected chi connectivity index (χ3v) is 4.01. The first-order valence-corrected chi connectivity index (χ1v) is 7.82. The summed E-state index contributed by atoms with van der Waals surface area (Å²) in [6, 6.07) is 6.83. The first kappa shape index (κ1) is 14.4. The molecule has 0 bridgehead atoms. The van der Waals surface area contributed by atoms with E-state index in [2.05, 4.69) is 44.3 Å². The molecular weight excluding hydrogens is 230 g/mol. The molecule has 0 heterocycles. The number of rotatable bonds is 6. The van der Waals surface area contributed by atoms with Crippen LogP contribution in [0.5, 0.6) is 0 Å². The molecule has 2 unspecified atom stereocenters. The highest BCUT2D eigenvalue weighted by Crippen LogP contribution is 2.12. The summed E-state index contributed by atoms with van der Waals surface area (Å²) in [6.07, 6.45) is 2.73. The molecule has 1 rings (SSSR count). The molecule has 2 atom stereocenters. The Morgan fingerprint density at radius 2 is 2.06 bits per heavy atom. The second-order valence-electron chi connectivity index (χ2n) is 4.71. The Balaban J connectivity index is 2.44. The van der Waals surface area contributed by atoms with E-state index in [0.717, 1.165) is 18.7 Å². The third-order valence-electron chi connectivity index (χ3n) is 3.20. The Hall–Kier alpha value is -0.670. The van der Waals surface area contributed by atoms with E-state index in [9.17, 15) is 4.21 Å². The zero-order chi connectivity index (χ0) is 12.8. The maximum atomic E-state index is 11.0. The summed E-state index contributed by atoms with van der Waals surface area (Å²) in [5, 5.41) is 3.49. The highest BCUT2D eigenvalue weighted by atomic mass is 32.2. The van der Waals surface area contributed by atoms with Crippen molar-refractivity contribution in [3.05, 3.63) is 34.9 Å². The Labute approximate surface area is 107 Å². The SMILES string of the molecule is Cc1cccc(CNC(C)CCS(C)=O)c1C. The van der Waals surface area contributed by atoms with Crippen LogP contribution in [0.2, 0.25) is 0 Å². The molecule has 0 amide bonds. The predicted octanol–water partition coefficient (Wildman–Crippen LogP) is 2.55. The summed E-state index contributed by atoms with van der Waals surface area (Å²) in [5.41, 5.74) is 4.06. The topological polar surface area (TPSA) is 29.1 Å². The number of hydrogen-bond acceptors (Lipinski definition) is 2. The van der Waals surface area contributed by atoms with Gasteiger partial charge in [-0.1, -0.05) is 18.2 Å².